The van der Waals surface area contributed by atoms with Crippen LogP contribution in [0.15, 0.2) is 18.6 Å². The van der Waals surface area contributed by atoms with Crippen LogP contribution in [-0.4, -0.2) is 33.6 Å². The molecule has 2 N–H and O–H groups in total. The first-order valence-electron chi connectivity index (χ1n) is 6.36. The van der Waals surface area contributed by atoms with E-state index in [1.807, 2.05) is 0 Å². The molecule has 3 rings (SSSR count). The number of rotatable bonds is 1. The summed E-state index contributed by atoms with van der Waals surface area (Å²) in [7, 11) is 0. The highest BCUT2D eigenvalue weighted by atomic mass is 19.4. The summed E-state index contributed by atoms with van der Waals surface area (Å²) in [4.78, 5) is 9.94. The van der Waals surface area contributed by atoms with Crippen LogP contribution in [0.4, 0.5) is 24.8 Å². The lowest BCUT2D eigenvalue weighted by Gasteiger charge is -2.34. The molecule has 1 unspecified atom stereocenters. The maximum Gasteiger partial charge on any atom is 0.393 e. The average molecular weight is 285 g/mol. The maximum absolute atomic E-state index is 12.9. The molecule has 0 spiro atoms. The summed E-state index contributed by atoms with van der Waals surface area (Å²) in [6.07, 6.45) is 1.33. The minimum absolute atomic E-state index is 0.0948. The molecular weight excluding hydrogens is 271 g/mol. The van der Waals surface area contributed by atoms with Gasteiger partial charge in [0.05, 0.1) is 12.1 Å². The lowest BCUT2D eigenvalue weighted by molar-refractivity contribution is -0.176. The van der Waals surface area contributed by atoms with E-state index in [1.54, 1.807) is 27.9 Å². The Balaban J connectivity index is 1.96. The van der Waals surface area contributed by atoms with Crippen molar-refractivity contribution in [1.82, 2.24) is 14.4 Å². The number of hydrogen-bond acceptors (Lipinski definition) is 4. The Kier molecular flexibility index (Phi) is 2.95. The van der Waals surface area contributed by atoms with Crippen LogP contribution in [-0.2, 0) is 0 Å². The third kappa shape index (κ3) is 2.25. The summed E-state index contributed by atoms with van der Waals surface area (Å²) < 4.78 is 40.3. The molecule has 2 aromatic heterocycles. The second-order valence-corrected chi connectivity index (χ2v) is 4.97. The van der Waals surface area contributed by atoms with Gasteiger partial charge in [-0.2, -0.15) is 13.2 Å². The highest BCUT2D eigenvalue weighted by Gasteiger charge is 2.42. The highest BCUT2D eigenvalue weighted by molar-refractivity contribution is 5.66. The van der Waals surface area contributed by atoms with Crippen molar-refractivity contribution in [2.45, 2.75) is 19.0 Å². The number of nitrogen functional groups attached to an aromatic ring is 1. The normalized spacial score (nSPS) is 20.6. The van der Waals surface area contributed by atoms with Gasteiger partial charge in [-0.1, -0.05) is 0 Å². The van der Waals surface area contributed by atoms with E-state index >= 15 is 0 Å². The van der Waals surface area contributed by atoms with Crippen molar-refractivity contribution in [2.24, 2.45) is 5.92 Å². The molecular formula is C12H14F3N5. The molecule has 0 aromatic carbocycles. The first-order chi connectivity index (χ1) is 9.45. The van der Waals surface area contributed by atoms with Crippen molar-refractivity contribution in [1.29, 1.82) is 0 Å². The molecule has 8 heteroatoms. The molecule has 20 heavy (non-hydrogen) atoms. The second kappa shape index (κ2) is 4.53. The lowest BCUT2D eigenvalue weighted by Crippen LogP contribution is -2.42. The Labute approximate surface area is 113 Å². The Bertz CT molecular complexity index is 621. The number of alkyl halides is 3. The van der Waals surface area contributed by atoms with Crippen molar-refractivity contribution in [3.63, 3.8) is 0 Å². The highest BCUT2D eigenvalue weighted by Crippen LogP contribution is 2.35. The van der Waals surface area contributed by atoms with E-state index in [9.17, 15) is 13.2 Å². The summed E-state index contributed by atoms with van der Waals surface area (Å²) in [5.74, 6) is -0.641. The number of piperidine rings is 1. The Hall–Kier alpha value is -1.99. The SMILES string of the molecule is Nc1cn2ccnc2c(N2CCCC(C(F)(F)F)C2)n1. The van der Waals surface area contributed by atoms with Crippen molar-refractivity contribution in [2.75, 3.05) is 23.7 Å². The molecule has 0 bridgehead atoms. The van der Waals surface area contributed by atoms with Gasteiger partial charge in [0.2, 0.25) is 0 Å². The zero-order valence-electron chi connectivity index (χ0n) is 10.6. The maximum atomic E-state index is 12.9. The van der Waals surface area contributed by atoms with Crippen LogP contribution in [0.2, 0.25) is 0 Å². The van der Waals surface area contributed by atoms with Crippen molar-refractivity contribution in [3.05, 3.63) is 18.6 Å². The van der Waals surface area contributed by atoms with Crippen LogP contribution in [0.25, 0.3) is 5.65 Å². The monoisotopic (exact) mass is 285 g/mol. The number of imidazole rings is 1. The van der Waals surface area contributed by atoms with E-state index in [2.05, 4.69) is 9.97 Å². The van der Waals surface area contributed by atoms with Gasteiger partial charge < -0.3 is 15.0 Å². The summed E-state index contributed by atoms with van der Waals surface area (Å²) in [6.45, 7) is 0.439. The van der Waals surface area contributed by atoms with E-state index in [0.29, 0.717) is 24.4 Å². The molecule has 108 valence electrons. The van der Waals surface area contributed by atoms with E-state index in [1.165, 1.54) is 0 Å². The quantitative estimate of drug-likeness (QED) is 0.871. The molecule has 3 heterocycles. The van der Waals surface area contributed by atoms with E-state index in [-0.39, 0.29) is 18.8 Å². The predicted molar refractivity (Wildman–Crippen MR) is 68.4 cm³/mol. The lowest BCUT2D eigenvalue weighted by atomic mass is 9.97. The molecule has 1 atom stereocenters. The first-order valence-corrected chi connectivity index (χ1v) is 6.36. The fourth-order valence-corrected chi connectivity index (χ4v) is 2.58. The zero-order chi connectivity index (χ0) is 14.3. The van der Waals surface area contributed by atoms with Gasteiger partial charge in [0.15, 0.2) is 11.5 Å². The molecule has 5 nitrogen and oxygen atoms in total. The summed E-state index contributed by atoms with van der Waals surface area (Å²) in [5, 5.41) is 0. The average Bonchev–Trinajstić information content (AvgIpc) is 2.85. The van der Waals surface area contributed by atoms with Gasteiger partial charge in [-0.25, -0.2) is 9.97 Å². The van der Waals surface area contributed by atoms with E-state index in [0.717, 1.165) is 0 Å². The van der Waals surface area contributed by atoms with Gasteiger partial charge in [0.25, 0.3) is 0 Å². The number of fused-ring (bicyclic) bond motifs is 1. The molecule has 0 aliphatic carbocycles. The van der Waals surface area contributed by atoms with Gasteiger partial charge in [0, 0.05) is 25.5 Å². The summed E-state index contributed by atoms with van der Waals surface area (Å²) >= 11 is 0. The van der Waals surface area contributed by atoms with Crippen LogP contribution in [0.1, 0.15) is 12.8 Å². The van der Waals surface area contributed by atoms with Gasteiger partial charge in [-0.05, 0) is 12.8 Å². The molecule has 0 amide bonds. The summed E-state index contributed by atoms with van der Waals surface area (Å²) in [6, 6.07) is 0. The first kappa shape index (κ1) is 13.0. The van der Waals surface area contributed by atoms with Crippen LogP contribution in [0, 0.1) is 5.92 Å². The van der Waals surface area contributed by atoms with Crippen molar-refractivity contribution >= 4 is 17.3 Å². The fourth-order valence-electron chi connectivity index (χ4n) is 2.58. The minimum atomic E-state index is -4.18. The van der Waals surface area contributed by atoms with Crippen LogP contribution < -0.4 is 10.6 Å². The second-order valence-electron chi connectivity index (χ2n) is 4.97. The van der Waals surface area contributed by atoms with Gasteiger partial charge in [-0.3, -0.25) is 0 Å². The Morgan fingerprint density at radius 1 is 1.35 bits per heavy atom. The number of hydrogen-bond donors (Lipinski definition) is 1. The topological polar surface area (TPSA) is 59.5 Å². The molecule has 1 fully saturated rings. The number of anilines is 2. The number of halogens is 3. The number of nitrogens with zero attached hydrogens (tertiary/aromatic N) is 4. The third-order valence-corrected chi connectivity index (χ3v) is 3.56. The van der Waals surface area contributed by atoms with Gasteiger partial charge in [0.1, 0.15) is 5.82 Å². The number of nitrogens with two attached hydrogens (primary N) is 1. The van der Waals surface area contributed by atoms with Gasteiger partial charge in [-0.15, -0.1) is 0 Å². The Morgan fingerprint density at radius 2 is 2.15 bits per heavy atom. The molecule has 1 saturated heterocycles. The number of aromatic nitrogens is 3. The Morgan fingerprint density at radius 3 is 2.90 bits per heavy atom. The molecule has 1 aliphatic heterocycles. The fraction of sp³-hybridized carbons (Fsp3) is 0.500. The van der Waals surface area contributed by atoms with Crippen molar-refractivity contribution < 1.29 is 13.2 Å². The van der Waals surface area contributed by atoms with Crippen molar-refractivity contribution in [3.8, 4) is 0 Å². The smallest absolute Gasteiger partial charge is 0.382 e. The third-order valence-electron chi connectivity index (χ3n) is 3.56. The van der Waals surface area contributed by atoms with E-state index < -0.39 is 12.1 Å². The van der Waals surface area contributed by atoms with Crippen LogP contribution in [0.5, 0.6) is 0 Å². The standard InChI is InChI=1S/C12H14F3N5/c13-12(14,15)8-2-1-4-19(6-8)11-10-17-3-5-20(10)7-9(16)18-11/h3,5,7-8H,1-2,4,6,16H2. The summed E-state index contributed by atoms with van der Waals surface area (Å²) in [5.41, 5.74) is 6.23. The molecule has 2 aromatic rings. The zero-order valence-corrected chi connectivity index (χ0v) is 10.6. The van der Waals surface area contributed by atoms with Crippen LogP contribution >= 0.6 is 0 Å². The molecule has 1 aliphatic rings. The molecule has 0 saturated carbocycles. The van der Waals surface area contributed by atoms with E-state index in [4.69, 9.17) is 5.73 Å². The van der Waals surface area contributed by atoms with Crippen LogP contribution in [0.3, 0.4) is 0 Å². The largest absolute Gasteiger partial charge is 0.393 e. The minimum Gasteiger partial charge on any atom is -0.382 e. The predicted octanol–water partition coefficient (Wildman–Crippen LogP) is 2.09. The van der Waals surface area contributed by atoms with Gasteiger partial charge >= 0.3 is 6.18 Å². The molecule has 0 radical (unpaired) electrons.